The van der Waals surface area contributed by atoms with Crippen LogP contribution in [0.2, 0.25) is 0 Å². The van der Waals surface area contributed by atoms with Crippen LogP contribution in [0.1, 0.15) is 12.5 Å². The average molecular weight is 331 g/mol. The van der Waals surface area contributed by atoms with Crippen LogP contribution in [-0.2, 0) is 0 Å². The Morgan fingerprint density at radius 3 is 2.57 bits per heavy atom. The number of aryl methyl sites for hydroxylation is 1. The van der Waals surface area contributed by atoms with E-state index >= 15 is 0 Å². The Labute approximate surface area is 142 Å². The van der Waals surface area contributed by atoms with E-state index in [0.29, 0.717) is 11.7 Å². The maximum Gasteiger partial charge on any atom is 0.172 e. The zero-order valence-electron chi connectivity index (χ0n) is 13.5. The highest BCUT2D eigenvalue weighted by Crippen LogP contribution is 2.17. The lowest BCUT2D eigenvalue weighted by Gasteiger charge is -2.18. The summed E-state index contributed by atoms with van der Waals surface area (Å²) in [7, 11) is 1.64. The van der Waals surface area contributed by atoms with E-state index in [0.717, 1.165) is 22.9 Å². The monoisotopic (exact) mass is 331 g/mol. The van der Waals surface area contributed by atoms with Gasteiger partial charge in [-0.2, -0.15) is 0 Å². The van der Waals surface area contributed by atoms with Gasteiger partial charge in [0.2, 0.25) is 0 Å². The fraction of sp³-hybridized carbons (Fsp3) is 0.294. The number of hydrogen-bond acceptors (Lipinski definition) is 4. The van der Waals surface area contributed by atoms with Crippen LogP contribution >= 0.6 is 12.2 Å². The molecule has 0 amide bonds. The molecule has 0 unspecified atom stereocenters. The predicted molar refractivity (Wildman–Crippen MR) is 96.3 cm³/mol. The van der Waals surface area contributed by atoms with Gasteiger partial charge in [-0.05, 0) is 62.0 Å². The molecule has 0 radical (unpaired) electrons. The number of nitrogens with zero attached hydrogens (tertiary/aromatic N) is 1. The van der Waals surface area contributed by atoms with Crippen molar-refractivity contribution in [1.29, 1.82) is 0 Å². The molecule has 1 atom stereocenters. The number of nitrogens with one attached hydrogen (secondary N) is 2. The van der Waals surface area contributed by atoms with Gasteiger partial charge in [-0.1, -0.05) is 6.07 Å². The van der Waals surface area contributed by atoms with Crippen LogP contribution in [0.3, 0.4) is 0 Å². The Kier molecular flexibility index (Phi) is 6.17. The van der Waals surface area contributed by atoms with Gasteiger partial charge in [0, 0.05) is 6.20 Å². The van der Waals surface area contributed by atoms with Crippen LogP contribution in [0.25, 0.3) is 0 Å². The van der Waals surface area contributed by atoms with Gasteiger partial charge in [-0.25, -0.2) is 4.98 Å². The molecular weight excluding hydrogens is 310 g/mol. The highest BCUT2D eigenvalue weighted by molar-refractivity contribution is 7.80. The predicted octanol–water partition coefficient (Wildman–Crippen LogP) is 3.15. The average Bonchev–Trinajstić information content (AvgIpc) is 2.55. The van der Waals surface area contributed by atoms with Crippen molar-refractivity contribution in [3.63, 3.8) is 0 Å². The Balaban J connectivity index is 1.78. The quantitative estimate of drug-likeness (QED) is 0.793. The van der Waals surface area contributed by atoms with E-state index in [1.165, 1.54) is 0 Å². The summed E-state index contributed by atoms with van der Waals surface area (Å²) in [5.74, 6) is 2.35. The second kappa shape index (κ2) is 8.33. The molecule has 1 aromatic carbocycles. The van der Waals surface area contributed by atoms with Gasteiger partial charge in [-0.3, -0.25) is 0 Å². The molecule has 0 saturated carbocycles. The minimum absolute atomic E-state index is 0.0566. The summed E-state index contributed by atoms with van der Waals surface area (Å²) >= 11 is 5.30. The molecule has 0 aliphatic rings. The molecule has 122 valence electrons. The van der Waals surface area contributed by atoms with Crippen LogP contribution in [0.5, 0.6) is 11.5 Å². The maximum atomic E-state index is 5.72. The lowest BCUT2D eigenvalue weighted by Crippen LogP contribution is -2.39. The van der Waals surface area contributed by atoms with E-state index in [9.17, 15) is 0 Å². The van der Waals surface area contributed by atoms with Gasteiger partial charge in [0.1, 0.15) is 23.9 Å². The number of thiocarbonyl (C=S) groups is 1. The second-order valence-electron chi connectivity index (χ2n) is 5.15. The maximum absolute atomic E-state index is 5.72. The molecular formula is C17H21N3O2S. The van der Waals surface area contributed by atoms with E-state index in [2.05, 4.69) is 15.6 Å². The molecule has 5 nitrogen and oxygen atoms in total. The molecule has 0 saturated heterocycles. The molecule has 1 aromatic heterocycles. The fourth-order valence-corrected chi connectivity index (χ4v) is 2.22. The van der Waals surface area contributed by atoms with Crippen LogP contribution < -0.4 is 20.1 Å². The van der Waals surface area contributed by atoms with Gasteiger partial charge in [0.15, 0.2) is 5.11 Å². The molecule has 0 aliphatic heterocycles. The number of pyridine rings is 1. The first-order valence-corrected chi connectivity index (χ1v) is 7.75. The lowest BCUT2D eigenvalue weighted by atomic mass is 10.3. The first kappa shape index (κ1) is 17.0. The van der Waals surface area contributed by atoms with Crippen molar-refractivity contribution in [2.75, 3.05) is 19.0 Å². The van der Waals surface area contributed by atoms with Crippen molar-refractivity contribution in [3.05, 3.63) is 48.2 Å². The number of benzene rings is 1. The van der Waals surface area contributed by atoms with Crippen molar-refractivity contribution in [3.8, 4) is 11.5 Å². The summed E-state index contributed by atoms with van der Waals surface area (Å²) < 4.78 is 10.8. The molecule has 23 heavy (non-hydrogen) atoms. The molecule has 0 fully saturated rings. The van der Waals surface area contributed by atoms with E-state index in [4.69, 9.17) is 21.7 Å². The summed E-state index contributed by atoms with van der Waals surface area (Å²) in [6.45, 7) is 4.48. The number of rotatable bonds is 6. The minimum atomic E-state index is 0.0566. The lowest BCUT2D eigenvalue weighted by molar-refractivity contribution is 0.286. The first-order valence-electron chi connectivity index (χ1n) is 7.34. The van der Waals surface area contributed by atoms with Crippen molar-refractivity contribution in [2.24, 2.45) is 0 Å². The molecule has 0 spiro atoms. The van der Waals surface area contributed by atoms with E-state index in [-0.39, 0.29) is 6.04 Å². The van der Waals surface area contributed by atoms with Gasteiger partial charge >= 0.3 is 0 Å². The van der Waals surface area contributed by atoms with E-state index < -0.39 is 0 Å². The van der Waals surface area contributed by atoms with E-state index in [1.807, 2.05) is 50.2 Å². The summed E-state index contributed by atoms with van der Waals surface area (Å²) in [6.07, 6.45) is 1.73. The van der Waals surface area contributed by atoms with Gasteiger partial charge in [0.25, 0.3) is 0 Å². The molecule has 2 rings (SSSR count). The number of aromatic nitrogens is 1. The Morgan fingerprint density at radius 2 is 1.91 bits per heavy atom. The molecule has 0 aliphatic carbocycles. The Hall–Kier alpha value is -2.34. The number of ether oxygens (including phenoxy) is 2. The van der Waals surface area contributed by atoms with Crippen LogP contribution in [0, 0.1) is 6.92 Å². The third kappa shape index (κ3) is 5.41. The normalized spacial score (nSPS) is 11.4. The fourth-order valence-electron chi connectivity index (χ4n) is 1.92. The number of hydrogen-bond donors (Lipinski definition) is 2. The van der Waals surface area contributed by atoms with Crippen molar-refractivity contribution < 1.29 is 9.47 Å². The molecule has 2 N–H and O–H groups in total. The minimum Gasteiger partial charge on any atom is -0.497 e. The SMILES string of the molecule is COc1ccc(OC[C@H](C)NC(=S)Nc2ncccc2C)cc1. The molecule has 0 bridgehead atoms. The van der Waals surface area contributed by atoms with Crippen LogP contribution in [0.4, 0.5) is 5.82 Å². The van der Waals surface area contributed by atoms with Gasteiger partial charge in [0.05, 0.1) is 13.2 Å². The standard InChI is InChI=1S/C17H21N3O2S/c1-12-5-4-10-18-16(12)20-17(23)19-13(2)11-22-15-8-6-14(21-3)7-9-15/h4-10,13H,11H2,1-3H3,(H2,18,19,20,23)/t13-/m0/s1. The number of anilines is 1. The Bertz CT molecular complexity index is 647. The van der Waals surface area contributed by atoms with E-state index in [1.54, 1.807) is 13.3 Å². The summed E-state index contributed by atoms with van der Waals surface area (Å²) in [5.41, 5.74) is 1.04. The molecule has 6 heteroatoms. The summed E-state index contributed by atoms with van der Waals surface area (Å²) in [6, 6.07) is 11.4. The zero-order valence-corrected chi connectivity index (χ0v) is 14.3. The molecule has 1 heterocycles. The third-order valence-corrected chi connectivity index (χ3v) is 3.40. The van der Waals surface area contributed by atoms with Crippen LogP contribution in [0.15, 0.2) is 42.6 Å². The number of methoxy groups -OCH3 is 1. The first-order chi connectivity index (χ1) is 11.1. The smallest absolute Gasteiger partial charge is 0.172 e. The highest BCUT2D eigenvalue weighted by atomic mass is 32.1. The third-order valence-electron chi connectivity index (χ3n) is 3.18. The van der Waals surface area contributed by atoms with Gasteiger partial charge < -0.3 is 20.1 Å². The topological polar surface area (TPSA) is 55.4 Å². The largest absolute Gasteiger partial charge is 0.497 e. The summed E-state index contributed by atoms with van der Waals surface area (Å²) in [4.78, 5) is 4.25. The van der Waals surface area contributed by atoms with Crippen LogP contribution in [-0.4, -0.2) is 29.9 Å². The zero-order chi connectivity index (χ0) is 16.7. The molecule has 2 aromatic rings. The van der Waals surface area contributed by atoms with Crippen molar-refractivity contribution >= 4 is 23.1 Å². The Morgan fingerprint density at radius 1 is 1.22 bits per heavy atom. The highest BCUT2D eigenvalue weighted by Gasteiger charge is 2.07. The van der Waals surface area contributed by atoms with Crippen molar-refractivity contribution in [1.82, 2.24) is 10.3 Å². The second-order valence-corrected chi connectivity index (χ2v) is 5.56. The van der Waals surface area contributed by atoms with Gasteiger partial charge in [-0.15, -0.1) is 0 Å². The summed E-state index contributed by atoms with van der Waals surface area (Å²) in [5, 5.41) is 6.80. The van der Waals surface area contributed by atoms with Crippen molar-refractivity contribution in [2.45, 2.75) is 19.9 Å².